The van der Waals surface area contributed by atoms with E-state index in [0.717, 1.165) is 0 Å². The molecule has 0 aliphatic rings. The molecule has 0 bridgehead atoms. The van der Waals surface area contributed by atoms with E-state index in [1.165, 1.54) is 6.07 Å². The van der Waals surface area contributed by atoms with Gasteiger partial charge in [0.25, 0.3) is 11.6 Å². The maximum atomic E-state index is 12.4. The van der Waals surface area contributed by atoms with E-state index >= 15 is 0 Å². The largest absolute Gasteiger partial charge is 0.339 e. The quantitative estimate of drug-likeness (QED) is 0.609. The third-order valence-electron chi connectivity index (χ3n) is 3.98. The van der Waals surface area contributed by atoms with E-state index in [1.807, 2.05) is 13.8 Å². The molecule has 1 N–H and O–H groups in total. The smallest absolute Gasteiger partial charge is 0.273 e. The molecule has 2 aromatic rings. The zero-order chi connectivity index (χ0) is 19.1. The van der Waals surface area contributed by atoms with Gasteiger partial charge in [-0.3, -0.25) is 19.7 Å². The number of nitro groups is 1. The van der Waals surface area contributed by atoms with Crippen molar-refractivity contribution in [3.63, 3.8) is 0 Å². The van der Waals surface area contributed by atoms with Gasteiger partial charge in [0.2, 0.25) is 5.91 Å². The molecule has 2 amide bonds. The molecule has 0 spiro atoms. The zero-order valence-electron chi connectivity index (χ0n) is 14.8. The molecule has 0 fully saturated rings. The lowest BCUT2D eigenvalue weighted by Gasteiger charge is -2.19. The third-order valence-corrected chi connectivity index (χ3v) is 3.98. The molecule has 2 aromatic carbocycles. The van der Waals surface area contributed by atoms with Gasteiger partial charge in [-0.2, -0.15) is 0 Å². The van der Waals surface area contributed by atoms with Crippen LogP contribution in [0.5, 0.6) is 0 Å². The van der Waals surface area contributed by atoms with Crippen molar-refractivity contribution in [3.05, 3.63) is 69.8 Å². The minimum atomic E-state index is -0.508. The van der Waals surface area contributed by atoms with E-state index < -0.39 is 4.92 Å². The normalized spacial score (nSPS) is 10.2. The summed E-state index contributed by atoms with van der Waals surface area (Å²) >= 11 is 0. The first-order valence-electron chi connectivity index (χ1n) is 8.37. The molecule has 0 aliphatic carbocycles. The summed E-state index contributed by atoms with van der Waals surface area (Å²) in [5, 5.41) is 13.7. The highest BCUT2D eigenvalue weighted by atomic mass is 16.6. The molecule has 136 valence electrons. The zero-order valence-corrected chi connectivity index (χ0v) is 14.8. The monoisotopic (exact) mass is 355 g/mol. The fraction of sp³-hybridized carbons (Fsp3) is 0.263. The van der Waals surface area contributed by atoms with Gasteiger partial charge in [0, 0.05) is 36.0 Å². The van der Waals surface area contributed by atoms with Crippen molar-refractivity contribution < 1.29 is 14.5 Å². The van der Waals surface area contributed by atoms with Gasteiger partial charge in [-0.25, -0.2) is 0 Å². The fourth-order valence-corrected chi connectivity index (χ4v) is 2.64. The second kappa shape index (κ2) is 8.75. The van der Waals surface area contributed by atoms with E-state index in [-0.39, 0.29) is 23.9 Å². The number of rotatable bonds is 7. The minimum Gasteiger partial charge on any atom is -0.339 e. The fourth-order valence-electron chi connectivity index (χ4n) is 2.64. The Hall–Kier alpha value is -3.22. The van der Waals surface area contributed by atoms with Gasteiger partial charge >= 0.3 is 0 Å². The molecule has 7 heteroatoms. The van der Waals surface area contributed by atoms with Crippen LogP contribution in [-0.2, 0) is 11.2 Å². The first-order valence-corrected chi connectivity index (χ1v) is 8.37. The molecule has 26 heavy (non-hydrogen) atoms. The number of benzene rings is 2. The Balaban J connectivity index is 2.12. The lowest BCUT2D eigenvalue weighted by Crippen LogP contribution is -2.30. The summed E-state index contributed by atoms with van der Waals surface area (Å²) in [6, 6.07) is 12.8. The average molecular weight is 355 g/mol. The summed E-state index contributed by atoms with van der Waals surface area (Å²) in [6.45, 7) is 5.01. The van der Waals surface area contributed by atoms with Crippen molar-refractivity contribution in [1.82, 2.24) is 4.90 Å². The summed E-state index contributed by atoms with van der Waals surface area (Å²) in [5.41, 5.74) is 1.21. The Morgan fingerprint density at radius 3 is 2.42 bits per heavy atom. The molecule has 0 aliphatic heterocycles. The summed E-state index contributed by atoms with van der Waals surface area (Å²) in [4.78, 5) is 36.9. The van der Waals surface area contributed by atoms with E-state index in [9.17, 15) is 19.7 Å². The van der Waals surface area contributed by atoms with Gasteiger partial charge in [-0.15, -0.1) is 0 Å². The SMILES string of the molecule is CCN(CC)C(=O)c1cccc(NC(=O)Cc2ccccc2[N+](=O)[O-])c1. The highest BCUT2D eigenvalue weighted by Gasteiger charge is 2.16. The molecule has 0 atom stereocenters. The molecule has 7 nitrogen and oxygen atoms in total. The summed E-state index contributed by atoms with van der Waals surface area (Å²) < 4.78 is 0. The highest BCUT2D eigenvalue weighted by molar-refractivity contribution is 5.97. The number of anilines is 1. The second-order valence-electron chi connectivity index (χ2n) is 5.67. The molecule has 0 aromatic heterocycles. The van der Waals surface area contributed by atoms with Crippen LogP contribution in [0.3, 0.4) is 0 Å². The Kier molecular flexibility index (Phi) is 6.43. The summed E-state index contributed by atoms with van der Waals surface area (Å²) in [6.07, 6.45) is -0.120. The van der Waals surface area contributed by atoms with Crippen LogP contribution in [0.15, 0.2) is 48.5 Å². The van der Waals surface area contributed by atoms with Gasteiger partial charge in [-0.05, 0) is 32.0 Å². The van der Waals surface area contributed by atoms with Gasteiger partial charge in [-0.1, -0.05) is 24.3 Å². The number of carbonyl (C=O) groups excluding carboxylic acids is 2. The Morgan fingerprint density at radius 1 is 1.08 bits per heavy atom. The first kappa shape index (κ1) is 19.1. The predicted molar refractivity (Wildman–Crippen MR) is 99.1 cm³/mol. The molecule has 0 saturated carbocycles. The highest BCUT2D eigenvalue weighted by Crippen LogP contribution is 2.19. The summed E-state index contributed by atoms with van der Waals surface area (Å²) in [7, 11) is 0. The Labute approximate surface area is 151 Å². The van der Waals surface area contributed by atoms with E-state index in [4.69, 9.17) is 0 Å². The van der Waals surface area contributed by atoms with Crippen LogP contribution in [0.2, 0.25) is 0 Å². The van der Waals surface area contributed by atoms with E-state index in [2.05, 4.69) is 5.32 Å². The average Bonchev–Trinajstić information content (AvgIpc) is 2.63. The van der Waals surface area contributed by atoms with Crippen LogP contribution in [0.1, 0.15) is 29.8 Å². The van der Waals surface area contributed by atoms with Crippen molar-refractivity contribution in [2.45, 2.75) is 20.3 Å². The van der Waals surface area contributed by atoms with Crippen LogP contribution >= 0.6 is 0 Å². The van der Waals surface area contributed by atoms with Crippen LogP contribution in [0, 0.1) is 10.1 Å². The number of amides is 2. The first-order chi connectivity index (χ1) is 12.5. The number of nitrogens with zero attached hydrogens (tertiary/aromatic N) is 2. The molecular weight excluding hydrogens is 334 g/mol. The van der Waals surface area contributed by atoms with E-state index in [0.29, 0.717) is 29.9 Å². The van der Waals surface area contributed by atoms with Crippen molar-refractivity contribution in [2.24, 2.45) is 0 Å². The lowest BCUT2D eigenvalue weighted by atomic mass is 10.1. The van der Waals surface area contributed by atoms with Crippen molar-refractivity contribution in [2.75, 3.05) is 18.4 Å². The van der Waals surface area contributed by atoms with E-state index in [1.54, 1.807) is 47.4 Å². The van der Waals surface area contributed by atoms with Crippen molar-refractivity contribution >= 4 is 23.2 Å². The molecule has 2 rings (SSSR count). The number of hydrogen-bond donors (Lipinski definition) is 1. The number of para-hydroxylation sites is 1. The molecule has 0 saturated heterocycles. The predicted octanol–water partition coefficient (Wildman–Crippen LogP) is 3.26. The minimum absolute atomic E-state index is 0.0897. The van der Waals surface area contributed by atoms with Gasteiger partial charge in [0.15, 0.2) is 0 Å². The van der Waals surface area contributed by atoms with Crippen molar-refractivity contribution in [1.29, 1.82) is 0 Å². The number of hydrogen-bond acceptors (Lipinski definition) is 4. The Bertz CT molecular complexity index is 816. The standard InChI is InChI=1S/C19H21N3O4/c1-3-21(4-2)19(24)15-9-7-10-16(12-15)20-18(23)13-14-8-5-6-11-17(14)22(25)26/h5-12H,3-4,13H2,1-2H3,(H,20,23). The molecule has 0 radical (unpaired) electrons. The number of nitro benzene ring substituents is 1. The van der Waals surface area contributed by atoms with Gasteiger partial charge in [0.1, 0.15) is 0 Å². The lowest BCUT2D eigenvalue weighted by molar-refractivity contribution is -0.385. The van der Waals surface area contributed by atoms with Crippen LogP contribution < -0.4 is 5.32 Å². The molecular formula is C19H21N3O4. The maximum absolute atomic E-state index is 12.4. The van der Waals surface area contributed by atoms with Crippen LogP contribution in [0.25, 0.3) is 0 Å². The van der Waals surface area contributed by atoms with Gasteiger partial charge < -0.3 is 10.2 Å². The summed E-state index contributed by atoms with van der Waals surface area (Å²) in [5.74, 6) is -0.489. The number of carbonyl (C=O) groups is 2. The van der Waals surface area contributed by atoms with Crippen molar-refractivity contribution in [3.8, 4) is 0 Å². The third kappa shape index (κ3) is 4.66. The number of nitrogens with one attached hydrogen (secondary N) is 1. The molecule has 0 unspecified atom stereocenters. The Morgan fingerprint density at radius 2 is 1.77 bits per heavy atom. The molecule has 0 heterocycles. The second-order valence-corrected chi connectivity index (χ2v) is 5.67. The van der Waals surface area contributed by atoms with Crippen LogP contribution in [-0.4, -0.2) is 34.7 Å². The van der Waals surface area contributed by atoms with Crippen LogP contribution in [0.4, 0.5) is 11.4 Å². The van der Waals surface area contributed by atoms with Gasteiger partial charge in [0.05, 0.1) is 11.3 Å². The topological polar surface area (TPSA) is 92.6 Å². The maximum Gasteiger partial charge on any atom is 0.273 e.